The summed E-state index contributed by atoms with van der Waals surface area (Å²) in [5.41, 5.74) is 0. The van der Waals surface area contributed by atoms with Crippen LogP contribution in [-0.2, 0) is 0 Å². The van der Waals surface area contributed by atoms with Crippen molar-refractivity contribution in [2.75, 3.05) is 23.7 Å². The van der Waals surface area contributed by atoms with E-state index in [-0.39, 0.29) is 0 Å². The van der Waals surface area contributed by atoms with Gasteiger partial charge in [0.25, 0.3) is 0 Å². The molecule has 2 N–H and O–H groups in total. The summed E-state index contributed by atoms with van der Waals surface area (Å²) in [6.07, 6.45) is 14.1. The molecule has 0 aliphatic rings. The molecule has 0 amide bonds. The monoisotopic (exact) mass is 326 g/mol. The van der Waals surface area contributed by atoms with E-state index in [0.717, 1.165) is 24.7 Å². The van der Waals surface area contributed by atoms with E-state index in [1.807, 2.05) is 48.8 Å². The van der Waals surface area contributed by atoms with Gasteiger partial charge in [-0.25, -0.2) is 9.97 Å². The summed E-state index contributed by atoms with van der Waals surface area (Å²) in [6.45, 7) is 2.05. The van der Waals surface area contributed by atoms with Gasteiger partial charge in [0.15, 0.2) is 0 Å². The molecule has 0 aliphatic heterocycles. The first-order valence-electron chi connectivity index (χ1n) is 9.25. The fourth-order valence-corrected chi connectivity index (χ4v) is 2.68. The maximum atomic E-state index is 4.26. The summed E-state index contributed by atoms with van der Waals surface area (Å²) in [4.78, 5) is 8.52. The Hall–Kier alpha value is -2.10. The fraction of sp³-hybridized carbons (Fsp3) is 0.500. The van der Waals surface area contributed by atoms with Crippen LogP contribution in [0.3, 0.4) is 0 Å². The highest BCUT2D eigenvalue weighted by Crippen LogP contribution is 2.09. The SMILES string of the molecule is c1ccc(NCCCCCCCCCCNc2ccccn2)nc1. The number of unbranched alkanes of at least 4 members (excludes halogenated alkanes) is 7. The van der Waals surface area contributed by atoms with Crippen molar-refractivity contribution in [1.29, 1.82) is 0 Å². The minimum absolute atomic E-state index is 0.983. The van der Waals surface area contributed by atoms with E-state index in [9.17, 15) is 0 Å². The van der Waals surface area contributed by atoms with Crippen molar-refractivity contribution in [3.8, 4) is 0 Å². The number of pyridine rings is 2. The van der Waals surface area contributed by atoms with Gasteiger partial charge in [-0.05, 0) is 37.1 Å². The molecule has 0 unspecified atom stereocenters. The molecule has 0 aromatic carbocycles. The highest BCUT2D eigenvalue weighted by Gasteiger charge is 1.95. The van der Waals surface area contributed by atoms with Gasteiger partial charge in [0, 0.05) is 25.5 Å². The highest BCUT2D eigenvalue weighted by atomic mass is 15.0. The van der Waals surface area contributed by atoms with Crippen LogP contribution in [0.4, 0.5) is 11.6 Å². The quantitative estimate of drug-likeness (QED) is 0.502. The molecule has 24 heavy (non-hydrogen) atoms. The highest BCUT2D eigenvalue weighted by molar-refractivity contribution is 5.33. The maximum absolute atomic E-state index is 4.26. The van der Waals surface area contributed by atoms with Crippen LogP contribution < -0.4 is 10.6 Å². The molecule has 0 atom stereocenters. The van der Waals surface area contributed by atoms with E-state index < -0.39 is 0 Å². The average Bonchev–Trinajstić information content (AvgIpc) is 2.64. The zero-order valence-corrected chi connectivity index (χ0v) is 14.6. The smallest absolute Gasteiger partial charge is 0.125 e. The van der Waals surface area contributed by atoms with Crippen LogP contribution in [0.2, 0.25) is 0 Å². The normalized spacial score (nSPS) is 10.5. The minimum Gasteiger partial charge on any atom is -0.370 e. The number of hydrogen-bond acceptors (Lipinski definition) is 4. The summed E-state index contributed by atoms with van der Waals surface area (Å²) in [7, 11) is 0. The van der Waals surface area contributed by atoms with Crippen molar-refractivity contribution in [3.05, 3.63) is 48.8 Å². The first kappa shape index (κ1) is 18.2. The van der Waals surface area contributed by atoms with Gasteiger partial charge in [-0.3, -0.25) is 0 Å². The number of rotatable bonds is 13. The molecule has 0 radical (unpaired) electrons. The molecule has 2 aromatic rings. The molecule has 0 bridgehead atoms. The second-order valence-electron chi connectivity index (χ2n) is 6.11. The third-order valence-corrected chi connectivity index (χ3v) is 4.05. The summed E-state index contributed by atoms with van der Waals surface area (Å²) >= 11 is 0. The Labute approximate surface area is 146 Å². The number of anilines is 2. The Morgan fingerprint density at radius 2 is 0.958 bits per heavy atom. The van der Waals surface area contributed by atoms with Gasteiger partial charge in [-0.1, -0.05) is 50.7 Å². The van der Waals surface area contributed by atoms with Crippen LogP contribution in [0.5, 0.6) is 0 Å². The summed E-state index contributed by atoms with van der Waals surface area (Å²) < 4.78 is 0. The van der Waals surface area contributed by atoms with Gasteiger partial charge >= 0.3 is 0 Å². The zero-order valence-electron chi connectivity index (χ0n) is 14.6. The van der Waals surface area contributed by atoms with Gasteiger partial charge in [0.05, 0.1) is 0 Å². The molecule has 0 saturated heterocycles. The molecule has 2 rings (SSSR count). The maximum Gasteiger partial charge on any atom is 0.125 e. The summed E-state index contributed by atoms with van der Waals surface area (Å²) in [5.74, 6) is 1.97. The third kappa shape index (κ3) is 8.51. The Morgan fingerprint density at radius 3 is 1.33 bits per heavy atom. The van der Waals surface area contributed by atoms with Gasteiger partial charge in [-0.2, -0.15) is 0 Å². The predicted octanol–water partition coefficient (Wildman–Crippen LogP) is 5.12. The summed E-state index contributed by atoms with van der Waals surface area (Å²) in [6, 6.07) is 12.0. The Kier molecular flexibility index (Phi) is 9.38. The van der Waals surface area contributed by atoms with Crippen molar-refractivity contribution in [2.24, 2.45) is 0 Å². The van der Waals surface area contributed by atoms with E-state index in [0.29, 0.717) is 0 Å². The molecule has 2 aromatic heterocycles. The lowest BCUT2D eigenvalue weighted by Crippen LogP contribution is -2.03. The third-order valence-electron chi connectivity index (χ3n) is 4.05. The van der Waals surface area contributed by atoms with Gasteiger partial charge in [-0.15, -0.1) is 0 Å². The lowest BCUT2D eigenvalue weighted by atomic mass is 10.1. The zero-order chi connectivity index (χ0) is 16.7. The molecule has 0 spiro atoms. The van der Waals surface area contributed by atoms with Gasteiger partial charge in [0.2, 0.25) is 0 Å². The topological polar surface area (TPSA) is 49.8 Å². The number of nitrogens with zero attached hydrogens (tertiary/aromatic N) is 2. The Morgan fingerprint density at radius 1 is 0.542 bits per heavy atom. The molecule has 4 nitrogen and oxygen atoms in total. The lowest BCUT2D eigenvalue weighted by molar-refractivity contribution is 0.577. The molecule has 130 valence electrons. The van der Waals surface area contributed by atoms with Gasteiger partial charge < -0.3 is 10.6 Å². The molecule has 0 fully saturated rings. The predicted molar refractivity (Wildman–Crippen MR) is 102 cm³/mol. The molecule has 0 aliphatic carbocycles. The number of nitrogens with one attached hydrogen (secondary N) is 2. The van der Waals surface area contributed by atoms with Crippen LogP contribution >= 0.6 is 0 Å². The lowest BCUT2D eigenvalue weighted by Gasteiger charge is -2.06. The molecule has 4 heteroatoms. The fourth-order valence-electron chi connectivity index (χ4n) is 2.68. The van der Waals surface area contributed by atoms with E-state index >= 15 is 0 Å². The summed E-state index contributed by atoms with van der Waals surface area (Å²) in [5, 5.41) is 6.72. The standard InChI is InChI=1S/C20H30N4/c1(3-5-9-15-21-19-13-7-11-17-23-19)2-4-6-10-16-22-20-14-8-12-18-24-20/h7-8,11-14,17-18H,1-6,9-10,15-16H2,(H,21,23)(H,22,24). The first-order valence-corrected chi connectivity index (χ1v) is 9.25. The van der Waals surface area contributed by atoms with Crippen LogP contribution in [0, 0.1) is 0 Å². The van der Waals surface area contributed by atoms with E-state index in [1.54, 1.807) is 0 Å². The number of aromatic nitrogens is 2. The average molecular weight is 326 g/mol. The van der Waals surface area contributed by atoms with Crippen molar-refractivity contribution in [3.63, 3.8) is 0 Å². The van der Waals surface area contributed by atoms with Crippen LogP contribution in [0.25, 0.3) is 0 Å². The van der Waals surface area contributed by atoms with Gasteiger partial charge in [0.1, 0.15) is 11.6 Å². The molecular formula is C20H30N4. The molecular weight excluding hydrogens is 296 g/mol. The van der Waals surface area contributed by atoms with Crippen LogP contribution in [0.15, 0.2) is 48.8 Å². The second-order valence-corrected chi connectivity index (χ2v) is 6.11. The van der Waals surface area contributed by atoms with Crippen molar-refractivity contribution in [2.45, 2.75) is 51.4 Å². The Bertz CT molecular complexity index is 466. The van der Waals surface area contributed by atoms with Crippen LogP contribution in [-0.4, -0.2) is 23.1 Å². The number of hydrogen-bond donors (Lipinski definition) is 2. The van der Waals surface area contributed by atoms with E-state index in [4.69, 9.17) is 0 Å². The van der Waals surface area contributed by atoms with Crippen molar-refractivity contribution in [1.82, 2.24) is 9.97 Å². The van der Waals surface area contributed by atoms with Crippen molar-refractivity contribution >= 4 is 11.6 Å². The Balaban J connectivity index is 1.32. The first-order chi connectivity index (χ1) is 11.9. The minimum atomic E-state index is 0.983. The largest absolute Gasteiger partial charge is 0.370 e. The van der Waals surface area contributed by atoms with E-state index in [1.165, 1.54) is 51.4 Å². The second kappa shape index (κ2) is 12.3. The van der Waals surface area contributed by atoms with E-state index in [2.05, 4.69) is 20.6 Å². The van der Waals surface area contributed by atoms with Crippen LogP contribution in [0.1, 0.15) is 51.4 Å². The van der Waals surface area contributed by atoms with Crippen molar-refractivity contribution < 1.29 is 0 Å². The molecule has 2 heterocycles. The molecule has 0 saturated carbocycles.